The summed E-state index contributed by atoms with van der Waals surface area (Å²) >= 11 is 0. The first-order chi connectivity index (χ1) is 18.2. The number of ether oxygens (including phenoxy) is 1. The number of aromatic nitrogens is 1. The number of anilines is 2. The molecule has 0 fully saturated rings. The quantitative estimate of drug-likeness (QED) is 0.270. The smallest absolute Gasteiger partial charge is 0.339 e. The van der Waals surface area contributed by atoms with Crippen LogP contribution in [0.3, 0.4) is 0 Å². The minimum atomic E-state index is -3.71. The SMILES string of the molecule is CS(=O)(=O)Nc1ncc(-c2cccc(C(=O)Nc3ccc(OCCc4ccccc4)cc3)c2)cc1C(=O)O. The molecule has 3 N–H and O–H groups in total. The van der Waals surface area contributed by atoms with Gasteiger partial charge in [0.25, 0.3) is 5.91 Å². The number of hydrogen-bond donors (Lipinski definition) is 3. The van der Waals surface area contributed by atoms with Crippen molar-refractivity contribution in [1.82, 2.24) is 4.98 Å². The number of carbonyl (C=O) groups excluding carboxylic acids is 1. The molecule has 38 heavy (non-hydrogen) atoms. The third-order valence-corrected chi connectivity index (χ3v) is 6.04. The summed E-state index contributed by atoms with van der Waals surface area (Å²) in [6, 6.07) is 25.0. The lowest BCUT2D eigenvalue weighted by Crippen LogP contribution is -2.15. The number of rotatable bonds is 10. The van der Waals surface area contributed by atoms with Gasteiger partial charge in [0.2, 0.25) is 10.0 Å². The van der Waals surface area contributed by atoms with Gasteiger partial charge in [-0.25, -0.2) is 18.2 Å². The van der Waals surface area contributed by atoms with Crippen LogP contribution in [-0.4, -0.2) is 43.2 Å². The molecule has 1 heterocycles. The van der Waals surface area contributed by atoms with E-state index in [1.54, 1.807) is 48.5 Å². The minimum Gasteiger partial charge on any atom is -0.493 e. The van der Waals surface area contributed by atoms with E-state index in [1.807, 2.05) is 30.3 Å². The Hall–Kier alpha value is -4.70. The van der Waals surface area contributed by atoms with Gasteiger partial charge in [-0.3, -0.25) is 9.52 Å². The fourth-order valence-corrected chi connectivity index (χ4v) is 4.17. The lowest BCUT2D eigenvalue weighted by atomic mass is 10.0. The molecule has 0 atom stereocenters. The molecule has 0 saturated heterocycles. The number of carbonyl (C=O) groups is 2. The van der Waals surface area contributed by atoms with Crippen LogP contribution in [-0.2, 0) is 16.4 Å². The fraction of sp³-hybridized carbons (Fsp3) is 0.107. The van der Waals surface area contributed by atoms with Gasteiger partial charge in [0.1, 0.15) is 11.3 Å². The molecule has 0 bridgehead atoms. The third-order valence-electron chi connectivity index (χ3n) is 5.47. The van der Waals surface area contributed by atoms with Crippen molar-refractivity contribution in [3.8, 4) is 16.9 Å². The Bertz CT molecular complexity index is 1560. The summed E-state index contributed by atoms with van der Waals surface area (Å²) in [5.74, 6) is -1.29. The first-order valence-electron chi connectivity index (χ1n) is 11.6. The van der Waals surface area contributed by atoms with E-state index in [9.17, 15) is 23.1 Å². The number of aromatic carboxylic acids is 1. The number of nitrogens with zero attached hydrogens (tertiary/aromatic N) is 1. The Morgan fingerprint density at radius 1 is 0.921 bits per heavy atom. The number of nitrogens with one attached hydrogen (secondary N) is 2. The lowest BCUT2D eigenvalue weighted by molar-refractivity contribution is 0.0697. The third kappa shape index (κ3) is 7.17. The van der Waals surface area contributed by atoms with E-state index < -0.39 is 16.0 Å². The topological polar surface area (TPSA) is 135 Å². The highest BCUT2D eigenvalue weighted by Crippen LogP contribution is 2.25. The largest absolute Gasteiger partial charge is 0.493 e. The first kappa shape index (κ1) is 26.4. The van der Waals surface area contributed by atoms with Crippen LogP contribution in [0, 0.1) is 0 Å². The number of benzene rings is 3. The number of hydrogen-bond acceptors (Lipinski definition) is 6. The molecule has 0 aliphatic heterocycles. The Balaban J connectivity index is 1.42. The molecule has 1 amide bonds. The predicted octanol–water partition coefficient (Wildman–Crippen LogP) is 4.69. The second kappa shape index (κ2) is 11.6. The summed E-state index contributed by atoms with van der Waals surface area (Å²) in [6.07, 6.45) is 3.03. The summed E-state index contributed by atoms with van der Waals surface area (Å²) in [5, 5.41) is 12.3. The van der Waals surface area contributed by atoms with E-state index in [-0.39, 0.29) is 17.3 Å². The Kier molecular flexibility index (Phi) is 8.03. The highest BCUT2D eigenvalue weighted by atomic mass is 32.2. The first-order valence-corrected chi connectivity index (χ1v) is 13.5. The summed E-state index contributed by atoms with van der Waals surface area (Å²) in [4.78, 5) is 28.5. The summed E-state index contributed by atoms with van der Waals surface area (Å²) in [5.41, 5.74) is 2.76. The van der Waals surface area contributed by atoms with Gasteiger partial charge in [0.15, 0.2) is 5.82 Å². The van der Waals surface area contributed by atoms with E-state index in [4.69, 9.17) is 4.74 Å². The van der Waals surface area contributed by atoms with E-state index in [0.29, 0.717) is 34.7 Å². The highest BCUT2D eigenvalue weighted by Gasteiger charge is 2.17. The predicted molar refractivity (Wildman–Crippen MR) is 145 cm³/mol. The van der Waals surface area contributed by atoms with Crippen LogP contribution >= 0.6 is 0 Å². The van der Waals surface area contributed by atoms with Crippen molar-refractivity contribution in [3.63, 3.8) is 0 Å². The van der Waals surface area contributed by atoms with Gasteiger partial charge in [-0.15, -0.1) is 0 Å². The van der Waals surface area contributed by atoms with E-state index >= 15 is 0 Å². The summed E-state index contributed by atoms with van der Waals surface area (Å²) in [7, 11) is -3.71. The fourth-order valence-electron chi connectivity index (χ4n) is 3.65. The number of amides is 1. The molecular formula is C28H25N3O6S. The van der Waals surface area contributed by atoms with Crippen LogP contribution < -0.4 is 14.8 Å². The minimum absolute atomic E-state index is 0.287. The molecule has 4 aromatic rings. The molecule has 0 unspecified atom stereocenters. The van der Waals surface area contributed by atoms with Crippen molar-refractivity contribution >= 4 is 33.4 Å². The van der Waals surface area contributed by atoms with Crippen LogP contribution in [0.1, 0.15) is 26.3 Å². The molecule has 0 saturated carbocycles. The normalized spacial score (nSPS) is 11.0. The Morgan fingerprint density at radius 3 is 2.34 bits per heavy atom. The summed E-state index contributed by atoms with van der Waals surface area (Å²) < 4.78 is 30.9. The monoisotopic (exact) mass is 531 g/mol. The van der Waals surface area contributed by atoms with Crippen molar-refractivity contribution < 1.29 is 27.9 Å². The van der Waals surface area contributed by atoms with Gasteiger partial charge in [0, 0.05) is 29.4 Å². The maximum absolute atomic E-state index is 12.9. The summed E-state index contributed by atoms with van der Waals surface area (Å²) in [6.45, 7) is 0.534. The average Bonchev–Trinajstić information content (AvgIpc) is 2.89. The standard InChI is InChI=1S/C28H25N3O6S/c1-38(35,36)31-26-25(28(33)34)17-22(18-29-26)20-8-5-9-21(16-20)27(32)30-23-10-12-24(13-11-23)37-15-14-19-6-3-2-4-7-19/h2-13,16-18H,14-15H2,1H3,(H,29,31)(H,30,32)(H,33,34). The van der Waals surface area contributed by atoms with Gasteiger partial charge in [-0.05, 0) is 53.6 Å². The van der Waals surface area contributed by atoms with Crippen LogP contribution in [0.15, 0.2) is 91.1 Å². The molecular weight excluding hydrogens is 506 g/mol. The zero-order valence-electron chi connectivity index (χ0n) is 20.4. The van der Waals surface area contributed by atoms with Gasteiger partial charge < -0.3 is 15.2 Å². The van der Waals surface area contributed by atoms with E-state index in [0.717, 1.165) is 12.7 Å². The molecule has 1 aromatic heterocycles. The van der Waals surface area contributed by atoms with Crippen LogP contribution in [0.25, 0.3) is 11.1 Å². The van der Waals surface area contributed by atoms with Crippen LogP contribution in [0.4, 0.5) is 11.5 Å². The van der Waals surface area contributed by atoms with Gasteiger partial charge in [-0.2, -0.15) is 0 Å². The number of pyridine rings is 1. The van der Waals surface area contributed by atoms with Crippen molar-refractivity contribution in [1.29, 1.82) is 0 Å². The van der Waals surface area contributed by atoms with Crippen molar-refractivity contribution in [2.45, 2.75) is 6.42 Å². The molecule has 0 spiro atoms. The van der Waals surface area contributed by atoms with Gasteiger partial charge in [-0.1, -0.05) is 42.5 Å². The van der Waals surface area contributed by atoms with Crippen molar-refractivity contribution in [2.75, 3.05) is 22.9 Å². The molecule has 0 radical (unpaired) electrons. The van der Waals surface area contributed by atoms with Gasteiger partial charge in [0.05, 0.1) is 12.9 Å². The number of carboxylic acids is 1. The van der Waals surface area contributed by atoms with Crippen molar-refractivity contribution in [3.05, 3.63) is 108 Å². The van der Waals surface area contributed by atoms with E-state index in [1.165, 1.54) is 17.8 Å². The molecule has 9 nitrogen and oxygen atoms in total. The number of sulfonamides is 1. The maximum Gasteiger partial charge on any atom is 0.339 e. The zero-order chi connectivity index (χ0) is 27.1. The Labute approximate surface area is 220 Å². The van der Waals surface area contributed by atoms with Gasteiger partial charge >= 0.3 is 5.97 Å². The van der Waals surface area contributed by atoms with Crippen LogP contribution in [0.5, 0.6) is 5.75 Å². The zero-order valence-corrected chi connectivity index (χ0v) is 21.2. The second-order valence-electron chi connectivity index (χ2n) is 8.44. The average molecular weight is 532 g/mol. The number of carboxylic acid groups (broad SMARTS) is 1. The molecule has 194 valence electrons. The van der Waals surface area contributed by atoms with E-state index in [2.05, 4.69) is 15.0 Å². The molecule has 10 heteroatoms. The maximum atomic E-state index is 12.9. The van der Waals surface area contributed by atoms with Crippen molar-refractivity contribution in [2.24, 2.45) is 0 Å². The molecule has 4 rings (SSSR count). The Morgan fingerprint density at radius 2 is 1.66 bits per heavy atom. The highest BCUT2D eigenvalue weighted by molar-refractivity contribution is 7.92. The molecule has 0 aliphatic rings. The second-order valence-corrected chi connectivity index (χ2v) is 10.2. The lowest BCUT2D eigenvalue weighted by Gasteiger charge is -2.11. The molecule has 3 aromatic carbocycles. The molecule has 0 aliphatic carbocycles. The van der Waals surface area contributed by atoms with Crippen LogP contribution in [0.2, 0.25) is 0 Å².